The molecule has 0 saturated carbocycles. The number of Topliss-reactive ketones (excluding diaryl/α,β-unsaturated/α-hetero) is 1. The highest BCUT2D eigenvalue weighted by Gasteiger charge is 2.04. The molecule has 2 N–H and O–H groups in total. The van der Waals surface area contributed by atoms with Gasteiger partial charge in [0.05, 0.1) is 0 Å². The number of aromatic nitrogens is 2. The maximum Gasteiger partial charge on any atom is 0.229 e. The lowest BCUT2D eigenvalue weighted by Gasteiger charge is -2.09. The van der Waals surface area contributed by atoms with Gasteiger partial charge in [0.1, 0.15) is 11.6 Å². The number of benzene rings is 2. The monoisotopic (exact) mass is 336 g/mol. The molecule has 0 aliphatic carbocycles. The molecule has 0 unspecified atom stereocenters. The second-order valence-electron chi connectivity index (χ2n) is 5.47. The number of nitrogens with zero attached hydrogens (tertiary/aromatic N) is 2. The Bertz CT molecular complexity index is 881. The fourth-order valence-electron chi connectivity index (χ4n) is 2.26. The standard InChI is InChI=1S/C19H17FN4O/c1-13(25)14-6-8-16(9-7-14)23-19-21-11-10-18(24-19)22-12-15-4-2-3-5-17(15)20/h2-11H,12H2,1H3,(H2,21,22,23,24). The first kappa shape index (κ1) is 16.6. The first-order chi connectivity index (χ1) is 12.1. The maximum absolute atomic E-state index is 13.6. The Hall–Kier alpha value is -3.28. The third-order valence-corrected chi connectivity index (χ3v) is 3.62. The summed E-state index contributed by atoms with van der Waals surface area (Å²) in [5.41, 5.74) is 1.98. The van der Waals surface area contributed by atoms with Crippen molar-refractivity contribution in [2.45, 2.75) is 13.5 Å². The Morgan fingerprint density at radius 3 is 2.56 bits per heavy atom. The molecule has 0 fully saturated rings. The minimum absolute atomic E-state index is 0.0159. The second kappa shape index (κ2) is 7.53. The Morgan fingerprint density at radius 1 is 1.08 bits per heavy atom. The van der Waals surface area contributed by atoms with Crippen molar-refractivity contribution in [3.63, 3.8) is 0 Å². The van der Waals surface area contributed by atoms with Gasteiger partial charge in [-0.05, 0) is 43.3 Å². The quantitative estimate of drug-likeness (QED) is 0.661. The summed E-state index contributed by atoms with van der Waals surface area (Å²) in [6.45, 7) is 1.85. The molecule has 1 aromatic heterocycles. The predicted octanol–water partition coefficient (Wildman–Crippen LogP) is 4.17. The van der Waals surface area contributed by atoms with Gasteiger partial charge in [-0.2, -0.15) is 4.98 Å². The van der Waals surface area contributed by atoms with E-state index in [0.29, 0.717) is 29.4 Å². The van der Waals surface area contributed by atoms with Crippen molar-refractivity contribution in [1.82, 2.24) is 9.97 Å². The van der Waals surface area contributed by atoms with Crippen LogP contribution in [0.15, 0.2) is 60.8 Å². The van der Waals surface area contributed by atoms with Crippen LogP contribution in [0.5, 0.6) is 0 Å². The number of carbonyl (C=O) groups is 1. The average Bonchev–Trinajstić information content (AvgIpc) is 2.62. The summed E-state index contributed by atoms with van der Waals surface area (Å²) < 4.78 is 13.6. The topological polar surface area (TPSA) is 66.9 Å². The third-order valence-electron chi connectivity index (χ3n) is 3.62. The van der Waals surface area contributed by atoms with Gasteiger partial charge in [0.2, 0.25) is 5.95 Å². The largest absolute Gasteiger partial charge is 0.366 e. The zero-order valence-corrected chi connectivity index (χ0v) is 13.7. The molecule has 126 valence electrons. The first-order valence-electron chi connectivity index (χ1n) is 7.80. The summed E-state index contributed by atoms with van der Waals surface area (Å²) in [5.74, 6) is 0.755. The lowest BCUT2D eigenvalue weighted by molar-refractivity contribution is 0.101. The summed E-state index contributed by atoms with van der Waals surface area (Å²) in [7, 11) is 0. The van der Waals surface area contributed by atoms with E-state index >= 15 is 0 Å². The van der Waals surface area contributed by atoms with Crippen LogP contribution in [-0.2, 0) is 6.54 Å². The van der Waals surface area contributed by atoms with Gasteiger partial charge in [-0.25, -0.2) is 9.37 Å². The normalized spacial score (nSPS) is 10.3. The molecule has 3 rings (SSSR count). The molecule has 0 bridgehead atoms. The molecule has 0 spiro atoms. The summed E-state index contributed by atoms with van der Waals surface area (Å²) in [4.78, 5) is 19.8. The van der Waals surface area contributed by atoms with Crippen molar-refractivity contribution in [2.75, 3.05) is 10.6 Å². The van der Waals surface area contributed by atoms with Crippen LogP contribution in [0.25, 0.3) is 0 Å². The van der Waals surface area contributed by atoms with E-state index in [4.69, 9.17) is 0 Å². The highest BCUT2D eigenvalue weighted by Crippen LogP contribution is 2.16. The van der Waals surface area contributed by atoms with Gasteiger partial charge in [0.25, 0.3) is 0 Å². The minimum atomic E-state index is -0.257. The second-order valence-corrected chi connectivity index (χ2v) is 5.47. The molecule has 0 amide bonds. The highest BCUT2D eigenvalue weighted by atomic mass is 19.1. The fourth-order valence-corrected chi connectivity index (χ4v) is 2.26. The third kappa shape index (κ3) is 4.38. The van der Waals surface area contributed by atoms with E-state index in [2.05, 4.69) is 20.6 Å². The van der Waals surface area contributed by atoms with Gasteiger partial charge in [0.15, 0.2) is 5.78 Å². The van der Waals surface area contributed by atoms with E-state index < -0.39 is 0 Å². The van der Waals surface area contributed by atoms with Crippen LogP contribution in [0.2, 0.25) is 0 Å². The molecular weight excluding hydrogens is 319 g/mol. The fraction of sp³-hybridized carbons (Fsp3) is 0.105. The van der Waals surface area contributed by atoms with Crippen LogP contribution in [0.3, 0.4) is 0 Å². The van der Waals surface area contributed by atoms with Gasteiger partial charge in [-0.1, -0.05) is 18.2 Å². The van der Waals surface area contributed by atoms with Gasteiger partial charge in [0, 0.05) is 29.6 Å². The Morgan fingerprint density at radius 2 is 1.84 bits per heavy atom. The molecular formula is C19H17FN4O. The molecule has 0 radical (unpaired) electrons. The average molecular weight is 336 g/mol. The molecule has 0 aliphatic heterocycles. The van der Waals surface area contributed by atoms with Gasteiger partial charge < -0.3 is 10.6 Å². The van der Waals surface area contributed by atoms with Crippen molar-refractivity contribution >= 4 is 23.2 Å². The minimum Gasteiger partial charge on any atom is -0.366 e. The number of carbonyl (C=O) groups excluding carboxylic acids is 1. The van der Waals surface area contributed by atoms with E-state index in [-0.39, 0.29) is 11.6 Å². The van der Waals surface area contributed by atoms with Crippen molar-refractivity contribution < 1.29 is 9.18 Å². The van der Waals surface area contributed by atoms with E-state index in [0.717, 1.165) is 5.69 Å². The molecule has 6 heteroatoms. The van der Waals surface area contributed by atoms with Gasteiger partial charge >= 0.3 is 0 Å². The van der Waals surface area contributed by atoms with Gasteiger partial charge in [-0.15, -0.1) is 0 Å². The SMILES string of the molecule is CC(=O)c1ccc(Nc2nccc(NCc3ccccc3F)n2)cc1. The molecule has 25 heavy (non-hydrogen) atoms. The van der Waals surface area contributed by atoms with Crippen LogP contribution >= 0.6 is 0 Å². The number of halogens is 1. The zero-order valence-electron chi connectivity index (χ0n) is 13.7. The molecule has 1 heterocycles. The van der Waals surface area contributed by atoms with E-state index in [1.807, 2.05) is 0 Å². The van der Waals surface area contributed by atoms with Crippen LogP contribution in [-0.4, -0.2) is 15.8 Å². The number of hydrogen-bond acceptors (Lipinski definition) is 5. The number of anilines is 3. The van der Waals surface area contributed by atoms with Crippen molar-refractivity contribution in [1.29, 1.82) is 0 Å². The molecule has 3 aromatic rings. The summed E-state index contributed by atoms with van der Waals surface area (Å²) in [6.07, 6.45) is 1.61. The first-order valence-corrected chi connectivity index (χ1v) is 7.80. The van der Waals surface area contributed by atoms with E-state index in [1.54, 1.807) is 54.7 Å². The highest BCUT2D eigenvalue weighted by molar-refractivity contribution is 5.94. The summed E-state index contributed by atoms with van der Waals surface area (Å²) in [6, 6.07) is 15.4. The molecule has 0 atom stereocenters. The zero-order chi connectivity index (χ0) is 17.6. The molecule has 0 saturated heterocycles. The number of nitrogens with one attached hydrogen (secondary N) is 2. The van der Waals surface area contributed by atoms with Crippen molar-refractivity contribution in [2.24, 2.45) is 0 Å². The van der Waals surface area contributed by atoms with E-state index in [1.165, 1.54) is 13.0 Å². The predicted molar refractivity (Wildman–Crippen MR) is 95.5 cm³/mol. The molecule has 0 aliphatic rings. The van der Waals surface area contributed by atoms with Crippen molar-refractivity contribution in [3.8, 4) is 0 Å². The van der Waals surface area contributed by atoms with Crippen molar-refractivity contribution in [3.05, 3.63) is 77.7 Å². The summed E-state index contributed by atoms with van der Waals surface area (Å²) in [5, 5.41) is 6.15. The van der Waals surface area contributed by atoms with Crippen LogP contribution in [0.4, 0.5) is 21.8 Å². The van der Waals surface area contributed by atoms with Crippen LogP contribution in [0, 0.1) is 5.82 Å². The maximum atomic E-state index is 13.6. The summed E-state index contributed by atoms with van der Waals surface area (Å²) >= 11 is 0. The smallest absolute Gasteiger partial charge is 0.229 e. The van der Waals surface area contributed by atoms with Crippen LogP contribution in [0.1, 0.15) is 22.8 Å². The number of rotatable bonds is 6. The number of hydrogen-bond donors (Lipinski definition) is 2. The Balaban J connectivity index is 1.67. The Kier molecular flexibility index (Phi) is 4.99. The van der Waals surface area contributed by atoms with Crippen LogP contribution < -0.4 is 10.6 Å². The van der Waals surface area contributed by atoms with E-state index in [9.17, 15) is 9.18 Å². The lowest BCUT2D eigenvalue weighted by atomic mass is 10.1. The number of ketones is 1. The molecule has 5 nitrogen and oxygen atoms in total. The lowest BCUT2D eigenvalue weighted by Crippen LogP contribution is -2.05. The van der Waals surface area contributed by atoms with Gasteiger partial charge in [-0.3, -0.25) is 4.79 Å². The molecule has 2 aromatic carbocycles. The Labute approximate surface area is 145 Å².